The molecule has 4 rings (SSSR count). The van der Waals surface area contributed by atoms with Crippen LogP contribution in [0.15, 0.2) is 57.7 Å². The molecular weight excluding hydrogens is 364 g/mol. The van der Waals surface area contributed by atoms with E-state index in [1.54, 1.807) is 7.11 Å². The fraction of sp³-hybridized carbons (Fsp3) is 0.286. The summed E-state index contributed by atoms with van der Waals surface area (Å²) in [5.41, 5.74) is 2.67. The van der Waals surface area contributed by atoms with E-state index in [2.05, 4.69) is 15.9 Å². The first-order valence-corrected chi connectivity index (χ1v) is 9.34. The third kappa shape index (κ3) is 3.94. The fourth-order valence-corrected chi connectivity index (χ4v) is 3.68. The molecule has 0 radical (unpaired) electrons. The Morgan fingerprint density at radius 2 is 1.85 bits per heavy atom. The van der Waals surface area contributed by atoms with Gasteiger partial charge in [-0.3, -0.25) is 4.90 Å². The first-order chi connectivity index (χ1) is 13.1. The van der Waals surface area contributed by atoms with Gasteiger partial charge in [-0.05, 0) is 35.9 Å². The van der Waals surface area contributed by atoms with Crippen molar-refractivity contribution in [3.63, 3.8) is 0 Å². The van der Waals surface area contributed by atoms with Crippen molar-refractivity contribution in [1.82, 2.24) is 4.90 Å². The lowest BCUT2D eigenvalue weighted by Crippen LogP contribution is -2.45. The maximum absolute atomic E-state index is 11.3. The van der Waals surface area contributed by atoms with Crippen LogP contribution in [0.4, 0.5) is 5.69 Å². The van der Waals surface area contributed by atoms with Gasteiger partial charge in [0.25, 0.3) is 0 Å². The highest BCUT2D eigenvalue weighted by atomic mass is 35.5. The molecule has 27 heavy (non-hydrogen) atoms. The van der Waals surface area contributed by atoms with Crippen LogP contribution in [0.5, 0.6) is 5.75 Å². The number of nitrogens with zero attached hydrogens (tertiary/aromatic N) is 2. The molecule has 0 bridgehead atoms. The third-order valence-corrected chi connectivity index (χ3v) is 5.27. The molecule has 140 valence electrons. The number of fused-ring (bicyclic) bond motifs is 1. The first kappa shape index (κ1) is 17.9. The van der Waals surface area contributed by atoms with Crippen molar-refractivity contribution in [3.05, 3.63) is 69.5 Å². The number of piperazine rings is 1. The van der Waals surface area contributed by atoms with E-state index in [9.17, 15) is 4.79 Å². The quantitative estimate of drug-likeness (QED) is 0.640. The molecule has 0 aliphatic carbocycles. The minimum atomic E-state index is -0.315. The van der Waals surface area contributed by atoms with Gasteiger partial charge in [0.05, 0.1) is 12.1 Å². The summed E-state index contributed by atoms with van der Waals surface area (Å²) in [6.45, 7) is 4.74. The van der Waals surface area contributed by atoms with E-state index >= 15 is 0 Å². The summed E-state index contributed by atoms with van der Waals surface area (Å²) < 4.78 is 10.5. The molecule has 3 aromatic rings. The van der Waals surface area contributed by atoms with Gasteiger partial charge in [-0.2, -0.15) is 0 Å². The number of methoxy groups -OCH3 is 1. The number of hydrogen-bond donors (Lipinski definition) is 0. The molecule has 1 fully saturated rings. The molecule has 2 heterocycles. The van der Waals surface area contributed by atoms with E-state index < -0.39 is 0 Å². The Balaban J connectivity index is 1.41. The number of rotatable bonds is 4. The second kappa shape index (κ2) is 7.62. The highest BCUT2D eigenvalue weighted by Crippen LogP contribution is 2.30. The predicted octanol–water partition coefficient (Wildman–Crippen LogP) is 3.78. The van der Waals surface area contributed by atoms with E-state index in [0.29, 0.717) is 16.4 Å². The third-order valence-electron chi connectivity index (χ3n) is 4.96. The monoisotopic (exact) mass is 384 g/mol. The van der Waals surface area contributed by atoms with Gasteiger partial charge in [-0.1, -0.05) is 17.7 Å². The maximum atomic E-state index is 11.3. The van der Waals surface area contributed by atoms with Gasteiger partial charge < -0.3 is 14.1 Å². The zero-order chi connectivity index (χ0) is 18.8. The standard InChI is InChI=1S/C21H21ClN2O3/c1-26-20-13-17(4-5-18(20)22)24-10-8-23(9-11-24)14-15-2-6-19-16(12-15)3-7-21(25)27-19/h2-7,12-13H,8-11,14H2,1H3. The largest absolute Gasteiger partial charge is 0.495 e. The van der Waals surface area contributed by atoms with Crippen molar-refractivity contribution in [2.24, 2.45) is 0 Å². The highest BCUT2D eigenvalue weighted by Gasteiger charge is 2.18. The van der Waals surface area contributed by atoms with Crippen LogP contribution in [-0.2, 0) is 6.54 Å². The van der Waals surface area contributed by atoms with Gasteiger partial charge >= 0.3 is 5.63 Å². The van der Waals surface area contributed by atoms with E-state index in [1.807, 2.05) is 36.4 Å². The van der Waals surface area contributed by atoms with Crippen molar-refractivity contribution in [2.45, 2.75) is 6.54 Å². The van der Waals surface area contributed by atoms with Crippen molar-refractivity contribution < 1.29 is 9.15 Å². The average molecular weight is 385 g/mol. The normalized spacial score (nSPS) is 15.3. The lowest BCUT2D eigenvalue weighted by Gasteiger charge is -2.36. The molecular formula is C21H21ClN2O3. The van der Waals surface area contributed by atoms with E-state index in [-0.39, 0.29) is 5.63 Å². The smallest absolute Gasteiger partial charge is 0.336 e. The molecule has 1 aromatic heterocycles. The van der Waals surface area contributed by atoms with Gasteiger partial charge in [0.15, 0.2) is 0 Å². The highest BCUT2D eigenvalue weighted by molar-refractivity contribution is 6.32. The Labute approximate surface area is 162 Å². The van der Waals surface area contributed by atoms with Gasteiger partial charge in [0.1, 0.15) is 11.3 Å². The molecule has 0 unspecified atom stereocenters. The van der Waals surface area contributed by atoms with Crippen molar-refractivity contribution >= 4 is 28.3 Å². The second-order valence-electron chi connectivity index (χ2n) is 6.71. The lowest BCUT2D eigenvalue weighted by molar-refractivity contribution is 0.250. The topological polar surface area (TPSA) is 45.9 Å². The van der Waals surface area contributed by atoms with Crippen LogP contribution in [0.3, 0.4) is 0 Å². The molecule has 1 saturated heterocycles. The van der Waals surface area contributed by atoms with E-state index in [0.717, 1.165) is 43.8 Å². The summed E-state index contributed by atoms with van der Waals surface area (Å²) in [4.78, 5) is 16.1. The molecule has 2 aromatic carbocycles. The van der Waals surface area contributed by atoms with Gasteiger partial charge in [0, 0.05) is 55.9 Å². The fourth-order valence-electron chi connectivity index (χ4n) is 3.49. The molecule has 0 amide bonds. The van der Waals surface area contributed by atoms with Gasteiger partial charge in [-0.15, -0.1) is 0 Å². The average Bonchev–Trinajstić information content (AvgIpc) is 2.69. The van der Waals surface area contributed by atoms with Crippen molar-refractivity contribution in [2.75, 3.05) is 38.2 Å². The summed E-state index contributed by atoms with van der Waals surface area (Å²) in [6.07, 6.45) is 0. The van der Waals surface area contributed by atoms with Crippen LogP contribution in [0, 0.1) is 0 Å². The van der Waals surface area contributed by atoms with Gasteiger partial charge in [-0.25, -0.2) is 4.79 Å². The summed E-state index contributed by atoms with van der Waals surface area (Å²) in [5, 5.41) is 1.59. The number of hydrogen-bond acceptors (Lipinski definition) is 5. The molecule has 0 saturated carbocycles. The van der Waals surface area contributed by atoms with Crippen LogP contribution in [0.25, 0.3) is 11.0 Å². The van der Waals surface area contributed by atoms with Crippen LogP contribution in [0.1, 0.15) is 5.56 Å². The Kier molecular flexibility index (Phi) is 5.05. The van der Waals surface area contributed by atoms with Crippen LogP contribution < -0.4 is 15.3 Å². The Morgan fingerprint density at radius 3 is 2.63 bits per heavy atom. The van der Waals surface area contributed by atoms with Crippen molar-refractivity contribution in [1.29, 1.82) is 0 Å². The van der Waals surface area contributed by atoms with Crippen LogP contribution >= 0.6 is 11.6 Å². The number of benzene rings is 2. The second-order valence-corrected chi connectivity index (χ2v) is 7.12. The maximum Gasteiger partial charge on any atom is 0.336 e. The summed E-state index contributed by atoms with van der Waals surface area (Å²) >= 11 is 6.12. The van der Waals surface area contributed by atoms with E-state index in [1.165, 1.54) is 11.6 Å². The van der Waals surface area contributed by atoms with E-state index in [4.69, 9.17) is 20.8 Å². The summed E-state index contributed by atoms with van der Waals surface area (Å²) in [6, 6.07) is 15.2. The summed E-state index contributed by atoms with van der Waals surface area (Å²) in [7, 11) is 1.64. The van der Waals surface area contributed by atoms with Crippen LogP contribution in [0.2, 0.25) is 5.02 Å². The Hall–Kier alpha value is -2.50. The molecule has 1 aliphatic rings. The first-order valence-electron chi connectivity index (χ1n) is 8.96. The minimum Gasteiger partial charge on any atom is -0.495 e. The zero-order valence-corrected chi connectivity index (χ0v) is 15.9. The molecule has 0 N–H and O–H groups in total. The number of halogens is 1. The summed E-state index contributed by atoms with van der Waals surface area (Å²) in [5.74, 6) is 0.708. The molecule has 1 aliphatic heterocycles. The lowest BCUT2D eigenvalue weighted by atomic mass is 10.1. The minimum absolute atomic E-state index is 0.315. The zero-order valence-electron chi connectivity index (χ0n) is 15.2. The predicted molar refractivity (Wildman–Crippen MR) is 108 cm³/mol. The molecule has 5 nitrogen and oxygen atoms in total. The van der Waals surface area contributed by atoms with Gasteiger partial charge in [0.2, 0.25) is 0 Å². The molecule has 0 spiro atoms. The Morgan fingerprint density at radius 1 is 1.04 bits per heavy atom. The number of anilines is 1. The van der Waals surface area contributed by atoms with Crippen LogP contribution in [-0.4, -0.2) is 38.2 Å². The van der Waals surface area contributed by atoms with Crippen molar-refractivity contribution in [3.8, 4) is 5.75 Å². The molecule has 6 heteroatoms. The molecule has 0 atom stereocenters. The number of ether oxygens (including phenoxy) is 1. The SMILES string of the molecule is COc1cc(N2CCN(Cc3ccc4oc(=O)ccc4c3)CC2)ccc1Cl. The Bertz CT molecular complexity index is 1010.